The first-order valence-electron chi connectivity index (χ1n) is 8.83. The van der Waals surface area contributed by atoms with E-state index in [1.165, 1.54) is 27.2 Å². The molecule has 0 spiro atoms. The third kappa shape index (κ3) is 4.75. The Hall–Kier alpha value is -2.74. The number of amides is 1. The zero-order valence-corrected chi connectivity index (χ0v) is 17.5. The number of nitrogens with zero attached hydrogens (tertiary/aromatic N) is 1. The largest absolute Gasteiger partial charge is 0.497 e. The van der Waals surface area contributed by atoms with Gasteiger partial charge in [0.25, 0.3) is 0 Å². The highest BCUT2D eigenvalue weighted by Crippen LogP contribution is 2.35. The molecule has 1 atom stereocenters. The Labute approximate surface area is 166 Å². The first kappa shape index (κ1) is 21.6. The molecular weight excluding hydrogens is 380 g/mol. The van der Waals surface area contributed by atoms with Crippen molar-refractivity contribution in [3.63, 3.8) is 0 Å². The molecule has 0 aliphatic carbocycles. The Kier molecular flexibility index (Phi) is 6.90. The number of ether oxygens (including phenoxy) is 2. The van der Waals surface area contributed by atoms with Crippen LogP contribution in [0.25, 0.3) is 0 Å². The lowest BCUT2D eigenvalue weighted by atomic mass is 10.1. The Morgan fingerprint density at radius 3 is 2.39 bits per heavy atom. The molecule has 0 aliphatic rings. The van der Waals surface area contributed by atoms with Crippen LogP contribution in [-0.4, -0.2) is 40.8 Å². The third-order valence-corrected chi connectivity index (χ3v) is 5.60. The number of sulfonamides is 1. The first-order chi connectivity index (χ1) is 13.2. The van der Waals surface area contributed by atoms with Crippen molar-refractivity contribution >= 4 is 27.3 Å². The fourth-order valence-electron chi connectivity index (χ4n) is 2.94. The molecule has 1 amide bonds. The van der Waals surface area contributed by atoms with Crippen molar-refractivity contribution in [3.8, 4) is 11.5 Å². The number of hydrogen-bond donors (Lipinski definition) is 1. The van der Waals surface area contributed by atoms with Gasteiger partial charge < -0.3 is 14.8 Å². The molecule has 0 aliphatic heterocycles. The molecule has 0 bridgehead atoms. The van der Waals surface area contributed by atoms with Crippen LogP contribution in [0.5, 0.6) is 11.5 Å². The maximum Gasteiger partial charge on any atom is 0.248 e. The molecule has 8 heteroatoms. The summed E-state index contributed by atoms with van der Waals surface area (Å²) in [5.74, 6) is 0.324. The first-order valence-corrected chi connectivity index (χ1v) is 10.7. The van der Waals surface area contributed by atoms with Gasteiger partial charge in [-0.05, 0) is 37.1 Å². The normalized spacial score (nSPS) is 12.2. The monoisotopic (exact) mass is 406 g/mol. The lowest BCUT2D eigenvalue weighted by Gasteiger charge is -2.29. The van der Waals surface area contributed by atoms with Crippen molar-refractivity contribution in [2.45, 2.75) is 26.3 Å². The summed E-state index contributed by atoms with van der Waals surface area (Å²) >= 11 is 0. The van der Waals surface area contributed by atoms with Gasteiger partial charge in [-0.3, -0.25) is 9.10 Å². The minimum atomic E-state index is -3.79. The van der Waals surface area contributed by atoms with Crippen molar-refractivity contribution in [2.75, 3.05) is 30.1 Å². The van der Waals surface area contributed by atoms with Gasteiger partial charge >= 0.3 is 0 Å². The topological polar surface area (TPSA) is 84.9 Å². The van der Waals surface area contributed by atoms with Gasteiger partial charge in [0, 0.05) is 11.8 Å². The van der Waals surface area contributed by atoms with E-state index < -0.39 is 22.0 Å². The highest BCUT2D eigenvalue weighted by molar-refractivity contribution is 7.92. The zero-order chi connectivity index (χ0) is 20.9. The summed E-state index contributed by atoms with van der Waals surface area (Å²) in [6.45, 7) is 3.52. The molecule has 2 rings (SSSR count). The smallest absolute Gasteiger partial charge is 0.248 e. The van der Waals surface area contributed by atoms with Crippen molar-refractivity contribution < 1.29 is 22.7 Å². The number of methoxy groups -OCH3 is 2. The maximum atomic E-state index is 12.9. The summed E-state index contributed by atoms with van der Waals surface area (Å²) in [6, 6.07) is 11.2. The van der Waals surface area contributed by atoms with Crippen LogP contribution in [0.4, 0.5) is 11.4 Å². The number of benzene rings is 2. The molecule has 2 aromatic rings. The highest BCUT2D eigenvalue weighted by Gasteiger charge is 2.32. The molecule has 0 aromatic heterocycles. The number of carbonyl (C=O) groups excluding carboxylic acids is 1. The van der Waals surface area contributed by atoms with Gasteiger partial charge in [0.2, 0.25) is 15.9 Å². The summed E-state index contributed by atoms with van der Waals surface area (Å²) in [5.41, 5.74) is 1.86. The Balaban J connectivity index is 2.45. The molecule has 0 fully saturated rings. The Morgan fingerprint density at radius 1 is 1.14 bits per heavy atom. The minimum absolute atomic E-state index is 0.232. The maximum absolute atomic E-state index is 12.9. The third-order valence-electron chi connectivity index (χ3n) is 4.37. The molecule has 0 saturated carbocycles. The van der Waals surface area contributed by atoms with E-state index in [1.54, 1.807) is 18.2 Å². The van der Waals surface area contributed by atoms with Crippen LogP contribution in [0.15, 0.2) is 42.5 Å². The molecule has 2 aromatic carbocycles. The molecule has 7 nitrogen and oxygen atoms in total. The summed E-state index contributed by atoms with van der Waals surface area (Å²) in [6.07, 6.45) is 1.79. The predicted octanol–water partition coefficient (Wildman–Crippen LogP) is 3.06. The van der Waals surface area contributed by atoms with E-state index >= 15 is 0 Å². The minimum Gasteiger partial charge on any atom is -0.497 e. The van der Waals surface area contributed by atoms with Crippen LogP contribution >= 0.6 is 0 Å². The van der Waals surface area contributed by atoms with Crippen LogP contribution in [0.3, 0.4) is 0 Å². The average molecular weight is 407 g/mol. The van der Waals surface area contributed by atoms with Gasteiger partial charge in [0.05, 0.1) is 26.2 Å². The fraction of sp³-hybridized carbons (Fsp3) is 0.350. The van der Waals surface area contributed by atoms with Crippen LogP contribution in [0, 0.1) is 0 Å². The second-order valence-corrected chi connectivity index (χ2v) is 8.13. The molecule has 152 valence electrons. The SMILES string of the molecule is CCc1ccccc1NC(=O)C(C)N(c1cc(OC)ccc1OC)S(C)(=O)=O. The summed E-state index contributed by atoms with van der Waals surface area (Å²) in [4.78, 5) is 12.9. The van der Waals surface area contributed by atoms with E-state index in [4.69, 9.17) is 9.47 Å². The zero-order valence-electron chi connectivity index (χ0n) is 16.7. The van der Waals surface area contributed by atoms with Crippen molar-refractivity contribution in [1.82, 2.24) is 0 Å². The van der Waals surface area contributed by atoms with Gasteiger partial charge in [-0.25, -0.2) is 8.42 Å². The number of aryl methyl sites for hydroxylation is 1. The van der Waals surface area contributed by atoms with Gasteiger partial charge in [-0.15, -0.1) is 0 Å². The van der Waals surface area contributed by atoms with E-state index in [0.717, 1.165) is 22.5 Å². The summed E-state index contributed by atoms with van der Waals surface area (Å²) < 4.78 is 36.7. The number of carbonyl (C=O) groups is 1. The van der Waals surface area contributed by atoms with Crippen LogP contribution in [0.1, 0.15) is 19.4 Å². The number of rotatable bonds is 8. The second-order valence-electron chi connectivity index (χ2n) is 6.27. The van der Waals surface area contributed by atoms with Gasteiger partial charge in [-0.1, -0.05) is 25.1 Å². The number of anilines is 2. The molecule has 0 heterocycles. The molecule has 28 heavy (non-hydrogen) atoms. The average Bonchev–Trinajstić information content (AvgIpc) is 2.67. The van der Waals surface area contributed by atoms with Crippen LogP contribution < -0.4 is 19.1 Å². The predicted molar refractivity (Wildman–Crippen MR) is 111 cm³/mol. The van der Waals surface area contributed by atoms with Crippen LogP contribution in [-0.2, 0) is 21.2 Å². The Morgan fingerprint density at radius 2 is 1.82 bits per heavy atom. The molecule has 1 N–H and O–H groups in total. The lowest BCUT2D eigenvalue weighted by molar-refractivity contribution is -0.116. The molecular formula is C20H26N2O5S. The lowest BCUT2D eigenvalue weighted by Crippen LogP contribution is -2.45. The van der Waals surface area contributed by atoms with Gasteiger partial charge in [0.1, 0.15) is 17.5 Å². The second kappa shape index (κ2) is 8.97. The molecule has 1 unspecified atom stereocenters. The number of hydrogen-bond acceptors (Lipinski definition) is 5. The van der Waals surface area contributed by atoms with E-state index in [9.17, 15) is 13.2 Å². The fourth-order valence-corrected chi connectivity index (χ4v) is 4.11. The molecule has 0 saturated heterocycles. The van der Waals surface area contributed by atoms with E-state index in [2.05, 4.69) is 5.32 Å². The highest BCUT2D eigenvalue weighted by atomic mass is 32.2. The van der Waals surface area contributed by atoms with Crippen LogP contribution in [0.2, 0.25) is 0 Å². The number of nitrogens with one attached hydrogen (secondary N) is 1. The Bertz CT molecular complexity index is 943. The summed E-state index contributed by atoms with van der Waals surface area (Å²) in [5, 5.41) is 2.83. The van der Waals surface area contributed by atoms with Crippen molar-refractivity contribution in [2.24, 2.45) is 0 Å². The summed E-state index contributed by atoms with van der Waals surface area (Å²) in [7, 11) is -0.872. The number of para-hydroxylation sites is 1. The van der Waals surface area contributed by atoms with Crippen molar-refractivity contribution in [3.05, 3.63) is 48.0 Å². The van der Waals surface area contributed by atoms with Crippen molar-refractivity contribution in [1.29, 1.82) is 0 Å². The van der Waals surface area contributed by atoms with Gasteiger partial charge in [0.15, 0.2) is 0 Å². The van der Waals surface area contributed by atoms with E-state index in [-0.39, 0.29) is 5.69 Å². The van der Waals surface area contributed by atoms with Gasteiger partial charge in [-0.2, -0.15) is 0 Å². The van der Waals surface area contributed by atoms with E-state index in [1.807, 2.05) is 25.1 Å². The van der Waals surface area contributed by atoms with E-state index in [0.29, 0.717) is 17.2 Å². The quantitative estimate of drug-likeness (QED) is 0.728. The molecule has 0 radical (unpaired) electrons. The standard InChI is InChI=1S/C20H26N2O5S/c1-6-15-9-7-8-10-17(15)21-20(23)14(2)22(28(5,24)25)18-13-16(26-3)11-12-19(18)27-4/h7-14H,6H2,1-5H3,(H,21,23).